The van der Waals surface area contributed by atoms with Gasteiger partial charge in [0.25, 0.3) is 0 Å². The predicted octanol–water partition coefficient (Wildman–Crippen LogP) is 2.00. The van der Waals surface area contributed by atoms with Crippen molar-refractivity contribution in [2.24, 2.45) is 11.7 Å². The quantitative estimate of drug-likeness (QED) is 0.799. The molecule has 2 rings (SSSR count). The minimum absolute atomic E-state index is 0.0402. The Morgan fingerprint density at radius 2 is 1.94 bits per heavy atom. The first kappa shape index (κ1) is 13.3. The van der Waals surface area contributed by atoms with E-state index in [9.17, 15) is 0 Å². The number of hydrogen-bond acceptors (Lipinski definition) is 3. The molecule has 2 atom stereocenters. The molecule has 100 valence electrons. The fraction of sp³-hybridized carbons (Fsp3) is 1.00. The number of methoxy groups -OCH3 is 1. The number of hydrogen-bond donors (Lipinski definition) is 1. The van der Waals surface area contributed by atoms with Crippen LogP contribution in [-0.2, 0) is 4.74 Å². The molecule has 2 unspecified atom stereocenters. The third-order valence-electron chi connectivity index (χ3n) is 4.83. The topological polar surface area (TPSA) is 38.5 Å². The highest BCUT2D eigenvalue weighted by Gasteiger charge is 2.42. The van der Waals surface area contributed by atoms with Gasteiger partial charge in [0.05, 0.1) is 12.1 Å². The van der Waals surface area contributed by atoms with Gasteiger partial charge in [-0.05, 0) is 45.1 Å². The molecule has 0 radical (unpaired) electrons. The third-order valence-corrected chi connectivity index (χ3v) is 4.83. The Balaban J connectivity index is 2.06. The lowest BCUT2D eigenvalue weighted by Crippen LogP contribution is -2.57. The fourth-order valence-electron chi connectivity index (χ4n) is 3.87. The summed E-state index contributed by atoms with van der Waals surface area (Å²) in [6.45, 7) is 4.93. The van der Waals surface area contributed by atoms with Crippen LogP contribution in [0.15, 0.2) is 0 Å². The molecular weight excluding hydrogens is 212 g/mol. The Kier molecular flexibility index (Phi) is 4.45. The van der Waals surface area contributed by atoms with Crippen LogP contribution in [0.5, 0.6) is 0 Å². The predicted molar refractivity (Wildman–Crippen MR) is 71.0 cm³/mol. The standard InChI is InChI=1S/C14H28N2O/c1-14(10-15,11-17-2)16-9-5-8-13(16)12-6-3-4-7-12/h12-13H,3-11,15H2,1-2H3. The molecule has 1 saturated carbocycles. The molecule has 3 nitrogen and oxygen atoms in total. The number of nitrogens with two attached hydrogens (primary N) is 1. The molecule has 0 amide bonds. The van der Waals surface area contributed by atoms with Crippen LogP contribution in [0, 0.1) is 5.92 Å². The maximum absolute atomic E-state index is 6.01. The molecule has 1 aliphatic carbocycles. The van der Waals surface area contributed by atoms with Crippen molar-refractivity contribution in [1.29, 1.82) is 0 Å². The van der Waals surface area contributed by atoms with Crippen molar-refractivity contribution in [1.82, 2.24) is 4.90 Å². The first-order chi connectivity index (χ1) is 8.21. The lowest BCUT2D eigenvalue weighted by atomic mass is 9.91. The average molecular weight is 240 g/mol. The molecular formula is C14H28N2O. The monoisotopic (exact) mass is 240 g/mol. The summed E-state index contributed by atoms with van der Waals surface area (Å²) in [4.78, 5) is 2.66. The van der Waals surface area contributed by atoms with E-state index in [1.807, 2.05) is 0 Å². The SMILES string of the molecule is COCC(C)(CN)N1CCCC1C1CCCC1. The summed E-state index contributed by atoms with van der Waals surface area (Å²) in [6, 6.07) is 0.765. The number of nitrogens with zero attached hydrogens (tertiary/aromatic N) is 1. The van der Waals surface area contributed by atoms with Gasteiger partial charge in [-0.25, -0.2) is 0 Å². The van der Waals surface area contributed by atoms with Crippen LogP contribution >= 0.6 is 0 Å². The van der Waals surface area contributed by atoms with Gasteiger partial charge in [0.1, 0.15) is 0 Å². The average Bonchev–Trinajstić information content (AvgIpc) is 2.99. The van der Waals surface area contributed by atoms with Crippen LogP contribution in [0.1, 0.15) is 45.4 Å². The molecule has 0 bridgehead atoms. The Labute approximate surface area is 106 Å². The lowest BCUT2D eigenvalue weighted by Gasteiger charge is -2.43. The van der Waals surface area contributed by atoms with E-state index < -0.39 is 0 Å². The second-order valence-electron chi connectivity index (χ2n) is 6.08. The van der Waals surface area contributed by atoms with Crippen molar-refractivity contribution in [3.63, 3.8) is 0 Å². The summed E-state index contributed by atoms with van der Waals surface area (Å²) in [5.41, 5.74) is 6.05. The molecule has 1 heterocycles. The molecule has 2 fully saturated rings. The Bertz CT molecular complexity index is 240. The second-order valence-corrected chi connectivity index (χ2v) is 6.08. The van der Waals surface area contributed by atoms with Crippen LogP contribution in [-0.4, -0.2) is 43.3 Å². The first-order valence-electron chi connectivity index (χ1n) is 7.17. The maximum atomic E-state index is 6.01. The minimum Gasteiger partial charge on any atom is -0.383 e. The minimum atomic E-state index is 0.0402. The zero-order chi connectivity index (χ0) is 12.3. The first-order valence-corrected chi connectivity index (χ1v) is 7.17. The largest absolute Gasteiger partial charge is 0.383 e. The summed E-state index contributed by atoms with van der Waals surface area (Å²) < 4.78 is 5.40. The van der Waals surface area contributed by atoms with Gasteiger partial charge in [0, 0.05) is 19.7 Å². The molecule has 2 N–H and O–H groups in total. The maximum Gasteiger partial charge on any atom is 0.0656 e. The molecule has 0 spiro atoms. The highest BCUT2D eigenvalue weighted by atomic mass is 16.5. The van der Waals surface area contributed by atoms with E-state index in [1.54, 1.807) is 7.11 Å². The lowest BCUT2D eigenvalue weighted by molar-refractivity contribution is 0.00461. The number of likely N-dealkylation sites (tertiary alicyclic amines) is 1. The summed E-state index contributed by atoms with van der Waals surface area (Å²) in [5, 5.41) is 0. The van der Waals surface area contributed by atoms with Gasteiger partial charge in [-0.15, -0.1) is 0 Å². The smallest absolute Gasteiger partial charge is 0.0656 e. The van der Waals surface area contributed by atoms with Crippen molar-refractivity contribution in [3.05, 3.63) is 0 Å². The Hall–Kier alpha value is -0.120. The van der Waals surface area contributed by atoms with Gasteiger partial charge < -0.3 is 10.5 Å². The molecule has 1 saturated heterocycles. The van der Waals surface area contributed by atoms with Crippen LogP contribution in [0.2, 0.25) is 0 Å². The molecule has 0 aromatic rings. The van der Waals surface area contributed by atoms with E-state index in [0.29, 0.717) is 6.54 Å². The normalized spacial score (nSPS) is 30.9. The summed E-state index contributed by atoms with van der Waals surface area (Å²) in [5.74, 6) is 0.917. The van der Waals surface area contributed by atoms with E-state index in [2.05, 4.69) is 11.8 Å². The zero-order valence-electron chi connectivity index (χ0n) is 11.5. The number of rotatable bonds is 5. The van der Waals surface area contributed by atoms with Crippen molar-refractivity contribution in [2.75, 3.05) is 26.8 Å². The van der Waals surface area contributed by atoms with Crippen molar-refractivity contribution in [2.45, 2.75) is 57.0 Å². The highest BCUT2D eigenvalue weighted by Crippen LogP contribution is 2.38. The second kappa shape index (κ2) is 5.68. The fourth-order valence-corrected chi connectivity index (χ4v) is 3.87. The summed E-state index contributed by atoms with van der Waals surface area (Å²) in [6.07, 6.45) is 8.41. The Morgan fingerprint density at radius 3 is 2.53 bits per heavy atom. The molecule has 3 heteroatoms. The van der Waals surface area contributed by atoms with Gasteiger partial charge in [0.2, 0.25) is 0 Å². The van der Waals surface area contributed by atoms with Gasteiger partial charge >= 0.3 is 0 Å². The molecule has 0 aromatic heterocycles. The van der Waals surface area contributed by atoms with Crippen molar-refractivity contribution >= 4 is 0 Å². The van der Waals surface area contributed by atoms with Gasteiger partial charge in [-0.1, -0.05) is 12.8 Å². The summed E-state index contributed by atoms with van der Waals surface area (Å²) in [7, 11) is 1.79. The van der Waals surface area contributed by atoms with Crippen LogP contribution in [0.25, 0.3) is 0 Å². The van der Waals surface area contributed by atoms with E-state index in [0.717, 1.165) is 18.6 Å². The molecule has 2 aliphatic rings. The number of ether oxygens (including phenoxy) is 1. The van der Waals surface area contributed by atoms with E-state index >= 15 is 0 Å². The molecule has 1 aliphatic heterocycles. The van der Waals surface area contributed by atoms with E-state index in [4.69, 9.17) is 10.5 Å². The van der Waals surface area contributed by atoms with Crippen LogP contribution in [0.3, 0.4) is 0 Å². The zero-order valence-corrected chi connectivity index (χ0v) is 11.5. The van der Waals surface area contributed by atoms with Crippen LogP contribution < -0.4 is 5.73 Å². The van der Waals surface area contributed by atoms with Crippen LogP contribution in [0.4, 0.5) is 0 Å². The van der Waals surface area contributed by atoms with Gasteiger partial charge in [-0.2, -0.15) is 0 Å². The van der Waals surface area contributed by atoms with Gasteiger partial charge in [0.15, 0.2) is 0 Å². The van der Waals surface area contributed by atoms with Crippen molar-refractivity contribution < 1.29 is 4.74 Å². The van der Waals surface area contributed by atoms with E-state index in [1.165, 1.54) is 45.1 Å². The molecule has 0 aromatic carbocycles. The highest BCUT2D eigenvalue weighted by molar-refractivity contribution is 4.97. The van der Waals surface area contributed by atoms with E-state index in [-0.39, 0.29) is 5.54 Å². The van der Waals surface area contributed by atoms with Crippen molar-refractivity contribution in [3.8, 4) is 0 Å². The Morgan fingerprint density at radius 1 is 1.24 bits per heavy atom. The van der Waals surface area contributed by atoms with Gasteiger partial charge in [-0.3, -0.25) is 4.90 Å². The molecule has 17 heavy (non-hydrogen) atoms. The summed E-state index contributed by atoms with van der Waals surface area (Å²) >= 11 is 0. The third kappa shape index (κ3) is 2.67.